The highest BCUT2D eigenvalue weighted by Crippen LogP contribution is 2.60. The minimum atomic E-state index is -0.647. The van der Waals surface area contributed by atoms with Gasteiger partial charge < -0.3 is 9.47 Å². The molecule has 2 aliphatic carbocycles. The lowest BCUT2D eigenvalue weighted by molar-refractivity contribution is -0.188. The van der Waals surface area contributed by atoms with E-state index in [4.69, 9.17) is 9.47 Å². The van der Waals surface area contributed by atoms with Crippen molar-refractivity contribution in [3.05, 3.63) is 0 Å². The van der Waals surface area contributed by atoms with Crippen molar-refractivity contribution in [2.75, 3.05) is 0 Å². The Morgan fingerprint density at radius 3 is 2.42 bits per heavy atom. The Morgan fingerprint density at radius 1 is 1.25 bits per heavy atom. The largest absolute Gasteiger partial charge is 0.458 e. The van der Waals surface area contributed by atoms with E-state index in [1.165, 1.54) is 0 Å². The zero-order chi connectivity index (χ0) is 18.1. The van der Waals surface area contributed by atoms with Gasteiger partial charge in [-0.1, -0.05) is 41.5 Å². The smallest absolute Gasteiger partial charge is 0.310 e. The van der Waals surface area contributed by atoms with Gasteiger partial charge in [0, 0.05) is 11.8 Å². The van der Waals surface area contributed by atoms with Gasteiger partial charge in [0.25, 0.3) is 0 Å². The highest BCUT2D eigenvalue weighted by Gasteiger charge is 2.69. The molecule has 4 heteroatoms. The molecule has 2 saturated carbocycles. The fraction of sp³-hybridized carbons (Fsp3) is 0.900. The Labute approximate surface area is 145 Å². The van der Waals surface area contributed by atoms with E-state index in [0.29, 0.717) is 0 Å². The van der Waals surface area contributed by atoms with Gasteiger partial charge in [-0.25, -0.2) is 0 Å². The first-order valence-corrected chi connectivity index (χ1v) is 9.26. The SMILES string of the molecule is CC(C)(C)CC(C(=O)OC1(C)C2CC3C(=O)OC1C3C2)C(C)(C)C. The lowest BCUT2D eigenvalue weighted by Gasteiger charge is -2.40. The van der Waals surface area contributed by atoms with Crippen LogP contribution in [-0.2, 0) is 19.1 Å². The monoisotopic (exact) mass is 336 g/mol. The first-order valence-electron chi connectivity index (χ1n) is 9.26. The second-order valence-corrected chi connectivity index (χ2v) is 10.6. The third kappa shape index (κ3) is 2.76. The lowest BCUT2D eigenvalue weighted by Crippen LogP contribution is -2.50. The molecule has 24 heavy (non-hydrogen) atoms. The van der Waals surface area contributed by atoms with Crippen LogP contribution in [0.1, 0.15) is 67.7 Å². The number of rotatable bonds is 3. The molecular formula is C20H32O4. The van der Waals surface area contributed by atoms with Gasteiger partial charge in [0.05, 0.1) is 11.8 Å². The summed E-state index contributed by atoms with van der Waals surface area (Å²) in [6.45, 7) is 14.7. The van der Waals surface area contributed by atoms with Crippen molar-refractivity contribution in [1.29, 1.82) is 0 Å². The third-order valence-electron chi connectivity index (χ3n) is 6.39. The van der Waals surface area contributed by atoms with Crippen LogP contribution in [-0.4, -0.2) is 23.6 Å². The zero-order valence-electron chi connectivity index (χ0n) is 16.1. The van der Waals surface area contributed by atoms with Gasteiger partial charge >= 0.3 is 11.9 Å². The number of ether oxygens (including phenoxy) is 2. The fourth-order valence-electron chi connectivity index (χ4n) is 5.00. The van der Waals surface area contributed by atoms with Crippen LogP contribution in [0.4, 0.5) is 0 Å². The van der Waals surface area contributed by atoms with Crippen LogP contribution in [0.5, 0.6) is 0 Å². The van der Waals surface area contributed by atoms with Crippen molar-refractivity contribution in [3.8, 4) is 0 Å². The van der Waals surface area contributed by atoms with Gasteiger partial charge in [0.1, 0.15) is 11.7 Å². The molecule has 0 aromatic carbocycles. The standard InChI is InChI=1S/C20H32O4/c1-18(2,3)10-14(19(4,5)6)17(22)24-20(7)11-8-12-13(9-11)16(21)23-15(12)20/h11-15H,8-10H2,1-7H3. The minimum Gasteiger partial charge on any atom is -0.458 e. The van der Waals surface area contributed by atoms with Gasteiger partial charge in [-0.2, -0.15) is 0 Å². The molecule has 136 valence electrons. The van der Waals surface area contributed by atoms with Crippen LogP contribution in [0, 0.1) is 34.5 Å². The van der Waals surface area contributed by atoms with E-state index in [1.807, 2.05) is 6.92 Å². The average molecular weight is 336 g/mol. The Balaban J connectivity index is 1.79. The van der Waals surface area contributed by atoms with Crippen LogP contribution in [0.3, 0.4) is 0 Å². The molecule has 1 aliphatic heterocycles. The molecule has 3 aliphatic rings. The third-order valence-corrected chi connectivity index (χ3v) is 6.39. The van der Waals surface area contributed by atoms with E-state index < -0.39 is 5.60 Å². The highest BCUT2D eigenvalue weighted by molar-refractivity contribution is 5.78. The number of hydrogen-bond acceptors (Lipinski definition) is 4. The summed E-state index contributed by atoms with van der Waals surface area (Å²) in [5.74, 6) is 0.154. The molecule has 0 aromatic heterocycles. The van der Waals surface area contributed by atoms with Gasteiger partial charge in [-0.05, 0) is 37.0 Å². The van der Waals surface area contributed by atoms with Gasteiger partial charge in [-0.3, -0.25) is 9.59 Å². The maximum Gasteiger partial charge on any atom is 0.310 e. The molecular weight excluding hydrogens is 304 g/mol. The Bertz CT molecular complexity index is 553. The van der Waals surface area contributed by atoms with Crippen molar-refractivity contribution in [2.45, 2.75) is 79.4 Å². The number of carbonyl (C=O) groups excluding carboxylic acids is 2. The summed E-state index contributed by atoms with van der Waals surface area (Å²) in [6.07, 6.45) is 2.30. The Hall–Kier alpha value is -1.06. The molecule has 1 heterocycles. The molecule has 3 rings (SSSR count). The van der Waals surface area contributed by atoms with Crippen LogP contribution < -0.4 is 0 Å². The molecule has 0 amide bonds. The van der Waals surface area contributed by atoms with Crippen molar-refractivity contribution in [2.24, 2.45) is 34.5 Å². The zero-order valence-corrected chi connectivity index (χ0v) is 16.1. The fourth-order valence-corrected chi connectivity index (χ4v) is 5.00. The maximum absolute atomic E-state index is 13.1. The number of esters is 2. The summed E-state index contributed by atoms with van der Waals surface area (Å²) in [5, 5.41) is 0. The summed E-state index contributed by atoms with van der Waals surface area (Å²) in [4.78, 5) is 25.1. The number of carbonyl (C=O) groups is 2. The second-order valence-electron chi connectivity index (χ2n) is 10.6. The summed E-state index contributed by atoms with van der Waals surface area (Å²) in [7, 11) is 0. The summed E-state index contributed by atoms with van der Waals surface area (Å²) >= 11 is 0. The molecule has 1 saturated heterocycles. The van der Waals surface area contributed by atoms with Crippen molar-refractivity contribution < 1.29 is 19.1 Å². The number of fused-ring (bicyclic) bond motifs is 1. The maximum atomic E-state index is 13.1. The first-order chi connectivity index (χ1) is 10.8. The lowest BCUT2D eigenvalue weighted by atomic mass is 9.72. The van der Waals surface area contributed by atoms with Crippen molar-refractivity contribution in [3.63, 3.8) is 0 Å². The molecule has 4 nitrogen and oxygen atoms in total. The Morgan fingerprint density at radius 2 is 1.88 bits per heavy atom. The summed E-state index contributed by atoms with van der Waals surface area (Å²) in [6, 6.07) is 0. The van der Waals surface area contributed by atoms with Gasteiger partial charge in [0.15, 0.2) is 0 Å². The normalized spacial score (nSPS) is 39.0. The van der Waals surface area contributed by atoms with Gasteiger partial charge in [0.2, 0.25) is 0 Å². The molecule has 6 atom stereocenters. The summed E-state index contributed by atoms with van der Waals surface area (Å²) < 4.78 is 11.7. The van der Waals surface area contributed by atoms with Crippen LogP contribution in [0.2, 0.25) is 0 Å². The van der Waals surface area contributed by atoms with E-state index in [2.05, 4.69) is 41.5 Å². The van der Waals surface area contributed by atoms with Crippen LogP contribution in [0.25, 0.3) is 0 Å². The van der Waals surface area contributed by atoms with Crippen LogP contribution in [0.15, 0.2) is 0 Å². The first kappa shape index (κ1) is 17.8. The molecule has 2 bridgehead atoms. The Kier molecular flexibility index (Phi) is 3.86. The summed E-state index contributed by atoms with van der Waals surface area (Å²) in [5.41, 5.74) is -0.753. The van der Waals surface area contributed by atoms with E-state index in [0.717, 1.165) is 19.3 Å². The van der Waals surface area contributed by atoms with E-state index in [9.17, 15) is 9.59 Å². The molecule has 3 fully saturated rings. The quantitative estimate of drug-likeness (QED) is 0.732. The van der Waals surface area contributed by atoms with Crippen molar-refractivity contribution >= 4 is 11.9 Å². The van der Waals surface area contributed by atoms with E-state index in [1.54, 1.807) is 0 Å². The molecule has 0 spiro atoms. The van der Waals surface area contributed by atoms with Gasteiger partial charge in [-0.15, -0.1) is 0 Å². The predicted octanol–water partition coefficient (Wildman–Crippen LogP) is 3.97. The molecule has 0 aromatic rings. The predicted molar refractivity (Wildman–Crippen MR) is 91.1 cm³/mol. The topological polar surface area (TPSA) is 52.6 Å². The van der Waals surface area contributed by atoms with Crippen molar-refractivity contribution in [1.82, 2.24) is 0 Å². The van der Waals surface area contributed by atoms with E-state index in [-0.39, 0.29) is 52.5 Å². The van der Waals surface area contributed by atoms with Crippen LogP contribution >= 0.6 is 0 Å². The average Bonchev–Trinajstić information content (AvgIpc) is 2.99. The molecule has 6 unspecified atom stereocenters. The second kappa shape index (κ2) is 5.22. The number of hydrogen-bond donors (Lipinski definition) is 0. The molecule has 0 radical (unpaired) electrons. The minimum absolute atomic E-state index is 0.0414. The van der Waals surface area contributed by atoms with E-state index >= 15 is 0 Å². The highest BCUT2D eigenvalue weighted by atomic mass is 16.6. The molecule has 0 N–H and O–H groups in total.